The van der Waals surface area contributed by atoms with E-state index in [2.05, 4.69) is 11.9 Å². The van der Waals surface area contributed by atoms with Crippen LogP contribution in [-0.4, -0.2) is 36.0 Å². The Hall–Kier alpha value is 0.177. The van der Waals surface area contributed by atoms with Gasteiger partial charge in [-0.3, -0.25) is 0 Å². The molecule has 0 amide bonds. The highest BCUT2D eigenvalue weighted by Gasteiger charge is 2.02. The van der Waals surface area contributed by atoms with Crippen molar-refractivity contribution in [2.24, 2.45) is 0 Å². The SMILES string of the molecule is CN1CCCCC1.[SiH4]. The highest BCUT2D eigenvalue weighted by atomic mass is 28.1. The second kappa shape index (κ2) is 4.10. The molecule has 0 bridgehead atoms. The second-order valence-electron chi connectivity index (χ2n) is 2.36. The first-order valence-electron chi connectivity index (χ1n) is 3.08. The Bertz CT molecular complexity index is 50.5. The maximum atomic E-state index is 2.39. The summed E-state index contributed by atoms with van der Waals surface area (Å²) in [6, 6.07) is 0. The molecular weight excluding hydrogens is 114 g/mol. The van der Waals surface area contributed by atoms with E-state index in [0.29, 0.717) is 0 Å². The Labute approximate surface area is 56.1 Å². The summed E-state index contributed by atoms with van der Waals surface area (Å²) in [4.78, 5) is 2.39. The first-order chi connectivity index (χ1) is 3.39. The van der Waals surface area contributed by atoms with Crippen molar-refractivity contribution >= 4 is 11.0 Å². The van der Waals surface area contributed by atoms with E-state index in [-0.39, 0.29) is 11.0 Å². The van der Waals surface area contributed by atoms with Crippen molar-refractivity contribution in [2.45, 2.75) is 19.3 Å². The predicted molar refractivity (Wildman–Crippen MR) is 42.7 cm³/mol. The van der Waals surface area contributed by atoms with Crippen LogP contribution >= 0.6 is 0 Å². The zero-order valence-corrected chi connectivity index (χ0v) is 4.98. The van der Waals surface area contributed by atoms with Crippen LogP contribution < -0.4 is 0 Å². The zero-order valence-electron chi connectivity index (χ0n) is 4.98. The Kier molecular flexibility index (Phi) is 4.19. The normalized spacial score (nSPS) is 22.1. The smallest absolute Gasteiger partial charge is 0.00218 e. The minimum atomic E-state index is 0. The molecule has 1 aliphatic rings. The van der Waals surface area contributed by atoms with Gasteiger partial charge in [0, 0.05) is 0 Å². The van der Waals surface area contributed by atoms with Gasteiger partial charge in [-0.1, -0.05) is 6.42 Å². The van der Waals surface area contributed by atoms with E-state index in [0.717, 1.165) is 0 Å². The highest BCUT2D eigenvalue weighted by molar-refractivity contribution is 5.75. The average molecular weight is 131 g/mol. The number of hydrogen-bond donors (Lipinski definition) is 0. The minimum absolute atomic E-state index is 0. The molecule has 50 valence electrons. The van der Waals surface area contributed by atoms with E-state index >= 15 is 0 Å². The van der Waals surface area contributed by atoms with Crippen LogP contribution in [0, 0.1) is 0 Å². The molecular formula is C6H17NSi. The maximum absolute atomic E-state index is 2.39. The second-order valence-corrected chi connectivity index (χ2v) is 2.36. The first kappa shape index (κ1) is 8.18. The lowest BCUT2D eigenvalue weighted by Gasteiger charge is -2.20. The molecule has 1 heterocycles. The summed E-state index contributed by atoms with van der Waals surface area (Å²) in [6.45, 7) is 2.64. The van der Waals surface area contributed by atoms with E-state index < -0.39 is 0 Å². The summed E-state index contributed by atoms with van der Waals surface area (Å²) in [5, 5.41) is 0. The number of rotatable bonds is 0. The third kappa shape index (κ3) is 2.48. The molecule has 0 N–H and O–H groups in total. The fourth-order valence-electron chi connectivity index (χ4n) is 1.05. The molecule has 1 saturated heterocycles. The molecule has 0 aliphatic carbocycles. The Balaban J connectivity index is 0.000000490. The van der Waals surface area contributed by atoms with Crippen LogP contribution in [0.5, 0.6) is 0 Å². The van der Waals surface area contributed by atoms with Crippen molar-refractivity contribution in [3.8, 4) is 0 Å². The van der Waals surface area contributed by atoms with E-state index in [4.69, 9.17) is 0 Å². The predicted octanol–water partition coefficient (Wildman–Crippen LogP) is -0.350. The van der Waals surface area contributed by atoms with E-state index in [1.165, 1.54) is 32.4 Å². The Morgan fingerprint density at radius 2 is 1.50 bits per heavy atom. The molecule has 0 aromatic rings. The molecule has 1 rings (SSSR count). The Morgan fingerprint density at radius 1 is 1.00 bits per heavy atom. The summed E-state index contributed by atoms with van der Waals surface area (Å²) in [5.74, 6) is 0. The summed E-state index contributed by atoms with van der Waals surface area (Å²) < 4.78 is 0. The molecule has 0 aromatic heterocycles. The molecule has 0 saturated carbocycles. The third-order valence-electron chi connectivity index (χ3n) is 1.58. The van der Waals surface area contributed by atoms with Crippen LogP contribution in [0.1, 0.15) is 19.3 Å². The molecule has 0 radical (unpaired) electrons. The largest absolute Gasteiger partial charge is 0.306 e. The van der Waals surface area contributed by atoms with Gasteiger partial charge in [0.05, 0.1) is 0 Å². The van der Waals surface area contributed by atoms with Crippen LogP contribution in [0.15, 0.2) is 0 Å². The van der Waals surface area contributed by atoms with Gasteiger partial charge in [0.1, 0.15) is 0 Å². The van der Waals surface area contributed by atoms with E-state index in [1.54, 1.807) is 0 Å². The van der Waals surface area contributed by atoms with Crippen molar-refractivity contribution in [2.75, 3.05) is 20.1 Å². The van der Waals surface area contributed by atoms with Gasteiger partial charge in [-0.2, -0.15) is 0 Å². The van der Waals surface area contributed by atoms with Gasteiger partial charge in [0.25, 0.3) is 0 Å². The molecule has 8 heavy (non-hydrogen) atoms. The van der Waals surface area contributed by atoms with Crippen LogP contribution in [0.3, 0.4) is 0 Å². The van der Waals surface area contributed by atoms with Gasteiger partial charge in [0.15, 0.2) is 0 Å². The number of hydrogen-bond acceptors (Lipinski definition) is 1. The van der Waals surface area contributed by atoms with Gasteiger partial charge < -0.3 is 4.90 Å². The fraction of sp³-hybridized carbons (Fsp3) is 1.00. The van der Waals surface area contributed by atoms with Gasteiger partial charge in [-0.15, -0.1) is 0 Å². The fourth-order valence-corrected chi connectivity index (χ4v) is 1.05. The summed E-state index contributed by atoms with van der Waals surface area (Å²) >= 11 is 0. The molecule has 0 atom stereocenters. The summed E-state index contributed by atoms with van der Waals surface area (Å²) in [6.07, 6.45) is 4.28. The monoisotopic (exact) mass is 131 g/mol. The van der Waals surface area contributed by atoms with E-state index in [9.17, 15) is 0 Å². The molecule has 1 aliphatic heterocycles. The number of nitrogens with zero attached hydrogens (tertiary/aromatic N) is 1. The molecule has 0 aromatic carbocycles. The number of likely N-dealkylation sites (tertiary alicyclic amines) is 1. The Morgan fingerprint density at radius 3 is 1.75 bits per heavy atom. The summed E-state index contributed by atoms with van der Waals surface area (Å²) in [7, 11) is 2.19. The molecule has 1 nitrogen and oxygen atoms in total. The van der Waals surface area contributed by atoms with Gasteiger partial charge >= 0.3 is 0 Å². The standard InChI is InChI=1S/C6H13N.H4Si/c1-7-5-3-2-4-6-7;/h2-6H2,1H3;1H4. The number of piperidine rings is 1. The van der Waals surface area contributed by atoms with Gasteiger partial charge in [-0.05, 0) is 43.9 Å². The van der Waals surface area contributed by atoms with E-state index in [1.807, 2.05) is 0 Å². The summed E-state index contributed by atoms with van der Waals surface area (Å²) in [5.41, 5.74) is 0. The van der Waals surface area contributed by atoms with Crippen LogP contribution in [-0.2, 0) is 0 Å². The quantitative estimate of drug-likeness (QED) is 0.406. The van der Waals surface area contributed by atoms with Crippen molar-refractivity contribution in [3.63, 3.8) is 0 Å². The lowest BCUT2D eigenvalue weighted by molar-refractivity contribution is 0.277. The van der Waals surface area contributed by atoms with Crippen molar-refractivity contribution in [3.05, 3.63) is 0 Å². The highest BCUT2D eigenvalue weighted by Crippen LogP contribution is 2.04. The minimum Gasteiger partial charge on any atom is -0.306 e. The molecule has 1 fully saturated rings. The van der Waals surface area contributed by atoms with Gasteiger partial charge in [-0.25, -0.2) is 0 Å². The third-order valence-corrected chi connectivity index (χ3v) is 1.58. The van der Waals surface area contributed by atoms with Crippen LogP contribution in [0.4, 0.5) is 0 Å². The lowest BCUT2D eigenvalue weighted by atomic mass is 10.1. The van der Waals surface area contributed by atoms with Crippen LogP contribution in [0.25, 0.3) is 0 Å². The molecule has 0 unspecified atom stereocenters. The maximum Gasteiger partial charge on any atom is -0.00218 e. The van der Waals surface area contributed by atoms with Gasteiger partial charge in [0.2, 0.25) is 0 Å². The first-order valence-corrected chi connectivity index (χ1v) is 3.08. The molecule has 0 spiro atoms. The molecule has 2 heteroatoms. The average Bonchev–Trinajstić information content (AvgIpc) is 1.69. The van der Waals surface area contributed by atoms with Crippen molar-refractivity contribution in [1.29, 1.82) is 0 Å². The van der Waals surface area contributed by atoms with Crippen molar-refractivity contribution < 1.29 is 0 Å². The topological polar surface area (TPSA) is 3.24 Å². The van der Waals surface area contributed by atoms with Crippen molar-refractivity contribution in [1.82, 2.24) is 4.90 Å². The zero-order chi connectivity index (χ0) is 5.11. The van der Waals surface area contributed by atoms with Crippen LogP contribution in [0.2, 0.25) is 0 Å². The lowest BCUT2D eigenvalue weighted by Crippen LogP contribution is -2.24.